The van der Waals surface area contributed by atoms with Gasteiger partial charge in [-0.05, 0) is 50.2 Å². The van der Waals surface area contributed by atoms with E-state index in [4.69, 9.17) is 4.74 Å². The Morgan fingerprint density at radius 1 is 1.16 bits per heavy atom. The van der Waals surface area contributed by atoms with Crippen molar-refractivity contribution in [2.45, 2.75) is 62.8 Å². The highest BCUT2D eigenvalue weighted by Gasteiger charge is 2.36. The van der Waals surface area contributed by atoms with E-state index < -0.39 is 18.5 Å². The van der Waals surface area contributed by atoms with Crippen molar-refractivity contribution in [3.05, 3.63) is 57.6 Å². The van der Waals surface area contributed by atoms with Crippen LogP contribution >= 0.6 is 0 Å². The molecule has 0 saturated heterocycles. The van der Waals surface area contributed by atoms with E-state index in [2.05, 4.69) is 15.2 Å². The lowest BCUT2D eigenvalue weighted by Gasteiger charge is -2.35. The van der Waals surface area contributed by atoms with Crippen LogP contribution in [0.25, 0.3) is 0 Å². The van der Waals surface area contributed by atoms with E-state index in [1.54, 1.807) is 25.2 Å². The molecule has 4 rings (SSSR count). The number of pyridine rings is 2. The smallest absolute Gasteiger partial charge is 0.422 e. The van der Waals surface area contributed by atoms with Gasteiger partial charge in [-0.25, -0.2) is 9.37 Å². The fraction of sp³-hybridized carbons (Fsp3) is 0.577. The molecule has 2 aliphatic rings. The number of aromatic nitrogens is 2. The Kier molecular flexibility index (Phi) is 8.20. The number of amides is 1. The minimum atomic E-state index is -4.42. The number of fused-ring (bicyclic) bond motifs is 1. The highest BCUT2D eigenvalue weighted by Crippen LogP contribution is 2.35. The van der Waals surface area contributed by atoms with Gasteiger partial charge in [0, 0.05) is 57.0 Å². The normalized spacial score (nSPS) is 22.7. The molecule has 2 aromatic heterocycles. The van der Waals surface area contributed by atoms with Crippen LogP contribution in [-0.4, -0.2) is 64.5 Å². The van der Waals surface area contributed by atoms with Crippen LogP contribution in [0.2, 0.25) is 0 Å². The van der Waals surface area contributed by atoms with E-state index in [-0.39, 0.29) is 29.1 Å². The first-order valence-corrected chi connectivity index (χ1v) is 12.6. The number of nitrogens with one attached hydrogen (secondary N) is 1. The van der Waals surface area contributed by atoms with Crippen LogP contribution in [0.15, 0.2) is 35.1 Å². The summed E-state index contributed by atoms with van der Waals surface area (Å²) in [6.07, 6.45) is -1.03. The summed E-state index contributed by atoms with van der Waals surface area (Å²) in [7, 11) is 1.54. The van der Waals surface area contributed by atoms with E-state index in [1.807, 2.05) is 0 Å². The molecular formula is C26H32F4N4O3. The first kappa shape index (κ1) is 27.1. The number of nitrogens with zero attached hydrogens (tertiary/aromatic N) is 3. The molecule has 0 bridgehead atoms. The number of alkyl halides is 4. The zero-order valence-electron chi connectivity index (χ0n) is 20.8. The van der Waals surface area contributed by atoms with E-state index in [1.165, 1.54) is 16.7 Å². The average Bonchev–Trinajstić information content (AvgIpc) is 3.06. The first-order chi connectivity index (χ1) is 17.5. The van der Waals surface area contributed by atoms with E-state index in [9.17, 15) is 22.8 Å². The third-order valence-corrected chi connectivity index (χ3v) is 7.30. The Morgan fingerprint density at radius 2 is 1.89 bits per heavy atom. The van der Waals surface area contributed by atoms with Gasteiger partial charge >= 0.3 is 6.18 Å². The molecule has 0 radical (unpaired) electrons. The lowest BCUT2D eigenvalue weighted by Crippen LogP contribution is -2.44. The van der Waals surface area contributed by atoms with Crippen molar-refractivity contribution in [3.8, 4) is 5.88 Å². The maximum Gasteiger partial charge on any atom is 0.422 e. The van der Waals surface area contributed by atoms with Crippen molar-refractivity contribution in [2.75, 3.05) is 26.2 Å². The molecule has 2 aromatic rings. The Labute approximate surface area is 212 Å². The van der Waals surface area contributed by atoms with Gasteiger partial charge in [0.05, 0.1) is 0 Å². The van der Waals surface area contributed by atoms with Gasteiger partial charge in [-0.1, -0.05) is 12.1 Å². The van der Waals surface area contributed by atoms with Crippen LogP contribution in [0.3, 0.4) is 0 Å². The van der Waals surface area contributed by atoms with Crippen LogP contribution in [0, 0.1) is 0 Å². The van der Waals surface area contributed by atoms with E-state index in [0.29, 0.717) is 58.0 Å². The molecule has 7 nitrogen and oxygen atoms in total. The van der Waals surface area contributed by atoms with Crippen molar-refractivity contribution < 1.29 is 27.1 Å². The molecule has 1 fully saturated rings. The fourth-order valence-electron chi connectivity index (χ4n) is 5.01. The maximum atomic E-state index is 15.6. The van der Waals surface area contributed by atoms with E-state index >= 15 is 4.39 Å². The summed E-state index contributed by atoms with van der Waals surface area (Å²) in [5, 5.41) is 2.93. The predicted molar refractivity (Wildman–Crippen MR) is 129 cm³/mol. The standard InChI is InChI=1S/C26H32F4N4O3/c1-33-21(3-2-4-23(33)35)24(36)31-19-7-11-25(27,12-8-19)13-16-34-14-9-18-5-6-22(32-20(18)10-15-34)37-17-26(28,29)30/h2-6,19H,7-17H2,1H3,(H,31,36)/t19-,25+. The topological polar surface area (TPSA) is 76.5 Å². The Bertz CT molecular complexity index is 1160. The fourth-order valence-corrected chi connectivity index (χ4v) is 5.01. The number of carbonyl (C=O) groups excluding carboxylic acids is 1. The third kappa shape index (κ3) is 7.30. The van der Waals surface area contributed by atoms with Crippen LogP contribution in [0.4, 0.5) is 17.6 Å². The highest BCUT2D eigenvalue weighted by atomic mass is 19.4. The molecule has 1 amide bonds. The molecule has 3 heterocycles. The molecule has 1 aliphatic carbocycles. The van der Waals surface area contributed by atoms with Crippen molar-refractivity contribution in [1.82, 2.24) is 19.8 Å². The number of ether oxygens (including phenoxy) is 1. The second kappa shape index (κ2) is 11.2. The van der Waals surface area contributed by atoms with Crippen LogP contribution < -0.4 is 15.6 Å². The number of rotatable bonds is 7. The summed E-state index contributed by atoms with van der Waals surface area (Å²) in [6.45, 7) is 0.570. The van der Waals surface area contributed by atoms with Crippen LogP contribution in [0.1, 0.15) is 53.8 Å². The second-order valence-corrected chi connectivity index (χ2v) is 9.96. The minimum absolute atomic E-state index is 0.0365. The summed E-state index contributed by atoms with van der Waals surface area (Å²) in [5.74, 6) is -0.369. The van der Waals surface area contributed by atoms with E-state index in [0.717, 1.165) is 17.8 Å². The van der Waals surface area contributed by atoms with Gasteiger partial charge < -0.3 is 19.5 Å². The Morgan fingerprint density at radius 3 is 2.62 bits per heavy atom. The summed E-state index contributed by atoms with van der Waals surface area (Å²) in [4.78, 5) is 30.8. The Hall–Kier alpha value is -2.95. The molecule has 11 heteroatoms. The number of halogens is 4. The molecule has 0 unspecified atom stereocenters. The first-order valence-electron chi connectivity index (χ1n) is 12.6. The van der Waals surface area contributed by atoms with Gasteiger partial charge in [-0.2, -0.15) is 13.2 Å². The minimum Gasteiger partial charge on any atom is -0.468 e. The second-order valence-electron chi connectivity index (χ2n) is 9.96. The van der Waals surface area contributed by atoms with Gasteiger partial charge in [-0.3, -0.25) is 9.59 Å². The lowest BCUT2D eigenvalue weighted by molar-refractivity contribution is -0.154. The molecule has 0 spiro atoms. The molecule has 0 atom stereocenters. The van der Waals surface area contributed by atoms with Crippen LogP contribution in [0.5, 0.6) is 5.88 Å². The molecule has 37 heavy (non-hydrogen) atoms. The lowest BCUT2D eigenvalue weighted by atomic mass is 9.81. The zero-order chi connectivity index (χ0) is 26.6. The molecule has 1 saturated carbocycles. The SMILES string of the molecule is Cn1c(C(=O)N[C@H]2CC[C@](F)(CCN3CCc4ccc(OCC(F)(F)F)nc4CC3)CC2)cccc1=O. The largest absolute Gasteiger partial charge is 0.468 e. The molecule has 1 N–H and O–H groups in total. The van der Waals surface area contributed by atoms with Gasteiger partial charge in [0.2, 0.25) is 5.88 Å². The summed E-state index contributed by atoms with van der Waals surface area (Å²) >= 11 is 0. The predicted octanol–water partition coefficient (Wildman–Crippen LogP) is 3.59. The third-order valence-electron chi connectivity index (χ3n) is 7.30. The van der Waals surface area contributed by atoms with Crippen molar-refractivity contribution in [1.29, 1.82) is 0 Å². The Balaban J connectivity index is 1.23. The van der Waals surface area contributed by atoms with Crippen molar-refractivity contribution in [3.63, 3.8) is 0 Å². The van der Waals surface area contributed by atoms with Gasteiger partial charge in [-0.15, -0.1) is 0 Å². The maximum absolute atomic E-state index is 15.6. The molecule has 0 aromatic carbocycles. The van der Waals surface area contributed by atoms with Gasteiger partial charge in [0.1, 0.15) is 11.4 Å². The van der Waals surface area contributed by atoms with Crippen molar-refractivity contribution in [2.24, 2.45) is 7.05 Å². The molecule has 202 valence electrons. The highest BCUT2D eigenvalue weighted by molar-refractivity contribution is 5.92. The quantitative estimate of drug-likeness (QED) is 0.561. The molecule has 1 aliphatic heterocycles. The summed E-state index contributed by atoms with van der Waals surface area (Å²) in [5.41, 5.74) is 0.409. The van der Waals surface area contributed by atoms with Gasteiger partial charge in [0.25, 0.3) is 11.5 Å². The number of hydrogen-bond acceptors (Lipinski definition) is 5. The number of hydrogen-bond donors (Lipinski definition) is 1. The summed E-state index contributed by atoms with van der Waals surface area (Å²) < 4.78 is 58.9. The van der Waals surface area contributed by atoms with Gasteiger partial charge in [0.15, 0.2) is 6.61 Å². The van der Waals surface area contributed by atoms with Crippen LogP contribution in [-0.2, 0) is 19.9 Å². The monoisotopic (exact) mass is 524 g/mol. The zero-order valence-corrected chi connectivity index (χ0v) is 20.8. The van der Waals surface area contributed by atoms with Crippen molar-refractivity contribution >= 4 is 5.91 Å². The molecular weight excluding hydrogens is 492 g/mol. The summed E-state index contributed by atoms with van der Waals surface area (Å²) in [6, 6.07) is 7.60. The number of carbonyl (C=O) groups is 1. The average molecular weight is 525 g/mol.